The standard InChI is InChI=1S/C20H29N5O2/c1-4-21-20(22-12-16(2)27-18-8-6-5-7-9-18)25-10-11-26-19(15-25)17-13-23-24(3)14-17/h5-9,13-14,16,19H,4,10-12,15H2,1-3H3,(H,21,22). The quantitative estimate of drug-likeness (QED) is 0.623. The van der Waals surface area contributed by atoms with Crippen molar-refractivity contribution < 1.29 is 9.47 Å². The van der Waals surface area contributed by atoms with Gasteiger partial charge in [0.1, 0.15) is 18.0 Å². The fraction of sp³-hybridized carbons (Fsp3) is 0.500. The number of aryl methyl sites for hydroxylation is 1. The van der Waals surface area contributed by atoms with Gasteiger partial charge in [-0.1, -0.05) is 18.2 Å². The molecule has 2 unspecified atom stereocenters. The van der Waals surface area contributed by atoms with Crippen LogP contribution in [0.5, 0.6) is 5.75 Å². The highest BCUT2D eigenvalue weighted by molar-refractivity contribution is 5.80. The van der Waals surface area contributed by atoms with Gasteiger partial charge in [0.05, 0.1) is 25.9 Å². The number of morpholine rings is 1. The lowest BCUT2D eigenvalue weighted by Gasteiger charge is -2.35. The topological polar surface area (TPSA) is 63.9 Å². The van der Waals surface area contributed by atoms with Crippen molar-refractivity contribution in [2.24, 2.45) is 12.0 Å². The largest absolute Gasteiger partial charge is 0.489 e. The maximum atomic E-state index is 5.94. The average molecular weight is 371 g/mol. The Morgan fingerprint density at radius 1 is 1.41 bits per heavy atom. The first-order chi connectivity index (χ1) is 13.2. The third kappa shape index (κ3) is 5.47. The summed E-state index contributed by atoms with van der Waals surface area (Å²) in [6.07, 6.45) is 3.88. The number of rotatable bonds is 6. The molecule has 0 aliphatic carbocycles. The summed E-state index contributed by atoms with van der Waals surface area (Å²) in [4.78, 5) is 7.05. The van der Waals surface area contributed by atoms with Crippen LogP contribution in [-0.2, 0) is 11.8 Å². The smallest absolute Gasteiger partial charge is 0.194 e. The Balaban J connectivity index is 1.62. The molecule has 1 aliphatic rings. The minimum absolute atomic E-state index is 0.00350. The number of aliphatic imine (C=N–C) groups is 1. The van der Waals surface area contributed by atoms with E-state index < -0.39 is 0 Å². The number of hydrogen-bond acceptors (Lipinski definition) is 4. The van der Waals surface area contributed by atoms with Crippen molar-refractivity contribution in [3.05, 3.63) is 48.3 Å². The molecule has 0 radical (unpaired) electrons. The van der Waals surface area contributed by atoms with Gasteiger partial charge in [0.25, 0.3) is 0 Å². The molecule has 1 aliphatic heterocycles. The molecule has 0 bridgehead atoms. The van der Waals surface area contributed by atoms with Gasteiger partial charge in [-0.3, -0.25) is 4.68 Å². The van der Waals surface area contributed by atoms with Crippen LogP contribution >= 0.6 is 0 Å². The van der Waals surface area contributed by atoms with Gasteiger partial charge < -0.3 is 19.7 Å². The first kappa shape index (κ1) is 19.2. The monoisotopic (exact) mass is 371 g/mol. The Morgan fingerprint density at radius 3 is 2.93 bits per heavy atom. The Labute approximate surface area is 161 Å². The predicted octanol–water partition coefficient (Wildman–Crippen LogP) is 2.23. The maximum absolute atomic E-state index is 5.94. The van der Waals surface area contributed by atoms with E-state index in [1.165, 1.54) is 0 Å². The molecule has 1 aromatic heterocycles. The van der Waals surface area contributed by atoms with Gasteiger partial charge in [-0.15, -0.1) is 0 Å². The zero-order valence-corrected chi connectivity index (χ0v) is 16.3. The fourth-order valence-electron chi connectivity index (χ4n) is 3.06. The van der Waals surface area contributed by atoms with E-state index >= 15 is 0 Å². The van der Waals surface area contributed by atoms with Gasteiger partial charge in [0, 0.05) is 31.9 Å². The second kappa shape index (κ2) is 9.41. The molecule has 0 amide bonds. The molecule has 2 heterocycles. The number of benzene rings is 1. The van der Waals surface area contributed by atoms with Crippen LogP contribution in [0.2, 0.25) is 0 Å². The Hall–Kier alpha value is -2.54. The molecule has 0 spiro atoms. The van der Waals surface area contributed by atoms with Crippen LogP contribution in [0.25, 0.3) is 0 Å². The van der Waals surface area contributed by atoms with E-state index in [0.717, 1.165) is 36.9 Å². The van der Waals surface area contributed by atoms with Gasteiger partial charge >= 0.3 is 0 Å². The van der Waals surface area contributed by atoms with Gasteiger partial charge in [-0.25, -0.2) is 4.99 Å². The molecule has 2 aromatic rings. The number of guanidine groups is 1. The minimum Gasteiger partial charge on any atom is -0.489 e. The molecule has 0 saturated carbocycles. The molecule has 1 N–H and O–H groups in total. The SMILES string of the molecule is CCNC(=NCC(C)Oc1ccccc1)N1CCOC(c2cnn(C)c2)C1. The summed E-state index contributed by atoms with van der Waals surface area (Å²) < 4.78 is 13.7. The minimum atomic E-state index is -0.00350. The molecule has 2 atom stereocenters. The Morgan fingerprint density at radius 2 is 2.22 bits per heavy atom. The second-order valence-corrected chi connectivity index (χ2v) is 6.69. The van der Waals surface area contributed by atoms with E-state index in [0.29, 0.717) is 13.2 Å². The number of hydrogen-bond donors (Lipinski definition) is 1. The molecule has 7 nitrogen and oxygen atoms in total. The van der Waals surface area contributed by atoms with E-state index in [2.05, 4.69) is 22.2 Å². The van der Waals surface area contributed by atoms with E-state index in [1.54, 1.807) is 4.68 Å². The van der Waals surface area contributed by atoms with Crippen LogP contribution in [0.1, 0.15) is 25.5 Å². The van der Waals surface area contributed by atoms with Crippen molar-refractivity contribution in [2.75, 3.05) is 32.8 Å². The van der Waals surface area contributed by atoms with Crippen molar-refractivity contribution >= 4 is 5.96 Å². The number of aromatic nitrogens is 2. The van der Waals surface area contributed by atoms with E-state index in [-0.39, 0.29) is 12.2 Å². The molecule has 1 aromatic carbocycles. The summed E-state index contributed by atoms with van der Waals surface area (Å²) in [6.45, 7) is 7.77. The van der Waals surface area contributed by atoms with Gasteiger partial charge in [0.15, 0.2) is 5.96 Å². The van der Waals surface area contributed by atoms with Crippen molar-refractivity contribution in [1.29, 1.82) is 0 Å². The van der Waals surface area contributed by atoms with Crippen molar-refractivity contribution in [2.45, 2.75) is 26.1 Å². The number of ether oxygens (including phenoxy) is 2. The van der Waals surface area contributed by atoms with Gasteiger partial charge in [-0.2, -0.15) is 5.10 Å². The van der Waals surface area contributed by atoms with Crippen LogP contribution in [0.4, 0.5) is 0 Å². The van der Waals surface area contributed by atoms with Crippen molar-refractivity contribution in [3.8, 4) is 5.75 Å². The third-order valence-corrected chi connectivity index (χ3v) is 4.38. The summed E-state index contributed by atoms with van der Waals surface area (Å²) in [5.41, 5.74) is 1.10. The first-order valence-corrected chi connectivity index (χ1v) is 9.50. The molecular formula is C20H29N5O2. The summed E-state index contributed by atoms with van der Waals surface area (Å²) in [5, 5.41) is 7.65. The Bertz CT molecular complexity index is 731. The van der Waals surface area contributed by atoms with Gasteiger partial charge in [0.2, 0.25) is 0 Å². The molecule has 146 valence electrons. The zero-order chi connectivity index (χ0) is 19.1. The highest BCUT2D eigenvalue weighted by Gasteiger charge is 2.25. The number of para-hydroxylation sites is 1. The lowest BCUT2D eigenvalue weighted by atomic mass is 10.1. The van der Waals surface area contributed by atoms with Gasteiger partial charge in [-0.05, 0) is 26.0 Å². The lowest BCUT2D eigenvalue weighted by molar-refractivity contribution is -0.00808. The van der Waals surface area contributed by atoms with Crippen LogP contribution < -0.4 is 10.1 Å². The third-order valence-electron chi connectivity index (χ3n) is 4.38. The Kier molecular flexibility index (Phi) is 6.70. The molecule has 7 heteroatoms. The highest BCUT2D eigenvalue weighted by atomic mass is 16.5. The maximum Gasteiger partial charge on any atom is 0.194 e. The molecular weight excluding hydrogens is 342 g/mol. The van der Waals surface area contributed by atoms with Crippen LogP contribution in [0.15, 0.2) is 47.7 Å². The predicted molar refractivity (Wildman–Crippen MR) is 106 cm³/mol. The molecule has 1 saturated heterocycles. The summed E-state index contributed by atoms with van der Waals surface area (Å²) in [6, 6.07) is 9.86. The molecule has 27 heavy (non-hydrogen) atoms. The number of nitrogens with one attached hydrogen (secondary N) is 1. The lowest BCUT2D eigenvalue weighted by Crippen LogP contribution is -2.48. The highest BCUT2D eigenvalue weighted by Crippen LogP contribution is 2.21. The van der Waals surface area contributed by atoms with Crippen molar-refractivity contribution in [3.63, 3.8) is 0 Å². The van der Waals surface area contributed by atoms with Crippen molar-refractivity contribution in [1.82, 2.24) is 20.0 Å². The normalized spacial score (nSPS) is 19.0. The van der Waals surface area contributed by atoms with E-state index in [9.17, 15) is 0 Å². The van der Waals surface area contributed by atoms with Crippen LogP contribution in [-0.4, -0.2) is 59.5 Å². The zero-order valence-electron chi connectivity index (χ0n) is 16.3. The summed E-state index contributed by atoms with van der Waals surface area (Å²) >= 11 is 0. The van der Waals surface area contributed by atoms with E-state index in [4.69, 9.17) is 14.5 Å². The summed E-state index contributed by atoms with van der Waals surface area (Å²) in [5.74, 6) is 1.77. The van der Waals surface area contributed by atoms with Crippen LogP contribution in [0.3, 0.4) is 0 Å². The first-order valence-electron chi connectivity index (χ1n) is 9.50. The van der Waals surface area contributed by atoms with Crippen LogP contribution in [0, 0.1) is 0 Å². The average Bonchev–Trinajstić information content (AvgIpc) is 3.12. The molecule has 1 fully saturated rings. The summed E-state index contributed by atoms with van der Waals surface area (Å²) in [7, 11) is 1.92. The van der Waals surface area contributed by atoms with E-state index in [1.807, 2.05) is 56.7 Å². The second-order valence-electron chi connectivity index (χ2n) is 6.69. The fourth-order valence-corrected chi connectivity index (χ4v) is 3.06. The number of nitrogens with zero attached hydrogens (tertiary/aromatic N) is 4. The molecule has 3 rings (SSSR count).